The van der Waals surface area contributed by atoms with Crippen LogP contribution in [0.15, 0.2) is 0 Å². The molecular formula is C13H25ClN2O. The van der Waals surface area contributed by atoms with Crippen molar-refractivity contribution in [2.75, 3.05) is 13.1 Å². The monoisotopic (exact) mass is 260 g/mol. The predicted molar refractivity (Wildman–Crippen MR) is 72.1 cm³/mol. The molecule has 0 aromatic rings. The minimum Gasteiger partial charge on any atom is -0.341 e. The first-order valence-electron chi connectivity index (χ1n) is 6.64. The van der Waals surface area contributed by atoms with Gasteiger partial charge in [-0.3, -0.25) is 4.79 Å². The predicted octanol–water partition coefficient (Wildman–Crippen LogP) is 2.04. The van der Waals surface area contributed by atoms with Gasteiger partial charge < -0.3 is 10.6 Å². The zero-order valence-corrected chi connectivity index (χ0v) is 11.7. The van der Waals surface area contributed by atoms with Gasteiger partial charge in [0.15, 0.2) is 0 Å². The third-order valence-electron chi connectivity index (χ3n) is 4.29. The zero-order valence-electron chi connectivity index (χ0n) is 10.9. The van der Waals surface area contributed by atoms with Gasteiger partial charge in [0.2, 0.25) is 5.91 Å². The summed E-state index contributed by atoms with van der Waals surface area (Å²) in [6, 6.07) is -0.305. The summed E-state index contributed by atoms with van der Waals surface area (Å²) < 4.78 is 0. The lowest BCUT2D eigenvalue weighted by atomic mass is 9.82. The standard InChI is InChI=1S/C13H24N2O.ClH/c1-9(2)12(14)13(16)15-7-10-5-3-4-6-11(10)8-15;/h9-12H,3-8,14H2,1-2H3;1H/t10?,11?,12-;/m0./s1. The SMILES string of the molecule is CC(C)[C@H](N)C(=O)N1CC2CCCCC2C1.Cl. The van der Waals surface area contributed by atoms with E-state index in [9.17, 15) is 4.79 Å². The Morgan fingerprint density at radius 3 is 2.06 bits per heavy atom. The quantitative estimate of drug-likeness (QED) is 0.826. The molecule has 2 unspecified atom stereocenters. The maximum absolute atomic E-state index is 12.1. The fourth-order valence-electron chi connectivity index (χ4n) is 3.08. The minimum atomic E-state index is -0.305. The van der Waals surface area contributed by atoms with Crippen LogP contribution in [0.5, 0.6) is 0 Å². The molecule has 1 heterocycles. The highest BCUT2D eigenvalue weighted by atomic mass is 35.5. The topological polar surface area (TPSA) is 46.3 Å². The summed E-state index contributed by atoms with van der Waals surface area (Å²) in [6.45, 7) is 5.96. The van der Waals surface area contributed by atoms with Gasteiger partial charge in [0.1, 0.15) is 0 Å². The van der Waals surface area contributed by atoms with Crippen LogP contribution in [-0.2, 0) is 4.79 Å². The Morgan fingerprint density at radius 1 is 1.18 bits per heavy atom. The molecular weight excluding hydrogens is 236 g/mol. The van der Waals surface area contributed by atoms with Crippen molar-refractivity contribution in [3.05, 3.63) is 0 Å². The lowest BCUT2D eigenvalue weighted by Crippen LogP contribution is -2.45. The van der Waals surface area contributed by atoms with E-state index < -0.39 is 0 Å². The highest BCUT2D eigenvalue weighted by Gasteiger charge is 2.37. The van der Waals surface area contributed by atoms with Gasteiger partial charge in [0, 0.05) is 13.1 Å². The molecule has 0 radical (unpaired) electrons. The van der Waals surface area contributed by atoms with Crippen LogP contribution in [0.3, 0.4) is 0 Å². The third-order valence-corrected chi connectivity index (χ3v) is 4.29. The Bertz CT molecular complexity index is 256. The highest BCUT2D eigenvalue weighted by molar-refractivity contribution is 5.85. The Balaban J connectivity index is 0.00000144. The number of carbonyl (C=O) groups excluding carboxylic acids is 1. The number of likely N-dealkylation sites (tertiary alicyclic amines) is 1. The van der Waals surface area contributed by atoms with Crippen molar-refractivity contribution in [1.82, 2.24) is 4.90 Å². The molecule has 2 fully saturated rings. The van der Waals surface area contributed by atoms with E-state index >= 15 is 0 Å². The number of nitrogens with two attached hydrogens (primary N) is 1. The smallest absolute Gasteiger partial charge is 0.239 e. The largest absolute Gasteiger partial charge is 0.341 e. The molecule has 2 aliphatic rings. The lowest BCUT2D eigenvalue weighted by molar-refractivity contribution is -0.132. The van der Waals surface area contributed by atoms with Crippen LogP contribution in [0, 0.1) is 17.8 Å². The summed E-state index contributed by atoms with van der Waals surface area (Å²) in [5.74, 6) is 1.94. The minimum absolute atomic E-state index is 0. The van der Waals surface area contributed by atoms with Crippen LogP contribution < -0.4 is 5.73 Å². The van der Waals surface area contributed by atoms with Crippen molar-refractivity contribution in [3.8, 4) is 0 Å². The first kappa shape index (κ1) is 14.8. The van der Waals surface area contributed by atoms with Crippen LogP contribution in [0.1, 0.15) is 39.5 Å². The summed E-state index contributed by atoms with van der Waals surface area (Å²) >= 11 is 0. The van der Waals surface area contributed by atoms with Gasteiger partial charge in [-0.05, 0) is 30.6 Å². The number of nitrogens with zero attached hydrogens (tertiary/aromatic N) is 1. The van der Waals surface area contributed by atoms with Crippen molar-refractivity contribution in [1.29, 1.82) is 0 Å². The van der Waals surface area contributed by atoms with Crippen LogP contribution in [0.25, 0.3) is 0 Å². The maximum Gasteiger partial charge on any atom is 0.239 e. The molecule has 0 spiro atoms. The van der Waals surface area contributed by atoms with Gasteiger partial charge in [-0.2, -0.15) is 0 Å². The van der Waals surface area contributed by atoms with Crippen LogP contribution >= 0.6 is 12.4 Å². The number of hydrogen-bond donors (Lipinski definition) is 1. The molecule has 0 bridgehead atoms. The number of halogens is 1. The van der Waals surface area contributed by atoms with Gasteiger partial charge >= 0.3 is 0 Å². The molecule has 4 heteroatoms. The molecule has 1 amide bonds. The number of rotatable bonds is 2. The molecule has 3 atom stereocenters. The number of fused-ring (bicyclic) bond motifs is 1. The fourth-order valence-corrected chi connectivity index (χ4v) is 3.08. The summed E-state index contributed by atoms with van der Waals surface area (Å²) in [4.78, 5) is 14.2. The molecule has 2 rings (SSSR count). The van der Waals surface area contributed by atoms with E-state index in [0.29, 0.717) is 0 Å². The molecule has 1 saturated carbocycles. The van der Waals surface area contributed by atoms with E-state index in [4.69, 9.17) is 5.73 Å². The van der Waals surface area contributed by atoms with E-state index in [1.54, 1.807) is 0 Å². The van der Waals surface area contributed by atoms with E-state index in [-0.39, 0.29) is 30.3 Å². The normalized spacial score (nSPS) is 29.8. The lowest BCUT2D eigenvalue weighted by Gasteiger charge is -2.23. The van der Waals surface area contributed by atoms with E-state index in [1.165, 1.54) is 25.7 Å². The average molecular weight is 261 g/mol. The molecule has 2 N–H and O–H groups in total. The van der Waals surface area contributed by atoms with Crippen molar-refractivity contribution in [2.24, 2.45) is 23.5 Å². The maximum atomic E-state index is 12.1. The summed E-state index contributed by atoms with van der Waals surface area (Å²) in [6.07, 6.45) is 5.32. The molecule has 17 heavy (non-hydrogen) atoms. The molecule has 1 saturated heterocycles. The molecule has 100 valence electrons. The number of hydrogen-bond acceptors (Lipinski definition) is 2. The first-order chi connectivity index (χ1) is 7.59. The fraction of sp³-hybridized carbons (Fsp3) is 0.923. The van der Waals surface area contributed by atoms with Gasteiger partial charge in [0.05, 0.1) is 6.04 Å². The van der Waals surface area contributed by atoms with Gasteiger partial charge in [0.25, 0.3) is 0 Å². The summed E-state index contributed by atoms with van der Waals surface area (Å²) in [5.41, 5.74) is 5.94. The molecule has 1 aliphatic carbocycles. The third kappa shape index (κ3) is 3.14. The van der Waals surface area contributed by atoms with Crippen molar-refractivity contribution < 1.29 is 4.79 Å². The van der Waals surface area contributed by atoms with Gasteiger partial charge in [-0.1, -0.05) is 26.7 Å². The Morgan fingerprint density at radius 2 is 1.65 bits per heavy atom. The summed E-state index contributed by atoms with van der Waals surface area (Å²) in [5, 5.41) is 0. The second kappa shape index (κ2) is 6.05. The number of amides is 1. The highest BCUT2D eigenvalue weighted by Crippen LogP contribution is 2.36. The second-order valence-electron chi connectivity index (χ2n) is 5.82. The Hall–Kier alpha value is -0.280. The van der Waals surface area contributed by atoms with E-state index in [1.807, 2.05) is 18.7 Å². The molecule has 3 nitrogen and oxygen atoms in total. The van der Waals surface area contributed by atoms with Crippen molar-refractivity contribution in [3.63, 3.8) is 0 Å². The second-order valence-corrected chi connectivity index (χ2v) is 5.82. The van der Waals surface area contributed by atoms with Crippen LogP contribution in [0.4, 0.5) is 0 Å². The van der Waals surface area contributed by atoms with Crippen molar-refractivity contribution >= 4 is 18.3 Å². The average Bonchev–Trinajstić information content (AvgIpc) is 2.70. The van der Waals surface area contributed by atoms with Crippen molar-refractivity contribution in [2.45, 2.75) is 45.6 Å². The molecule has 0 aromatic heterocycles. The zero-order chi connectivity index (χ0) is 11.7. The Kier molecular flexibility index (Phi) is 5.26. The Labute approximate surface area is 111 Å². The first-order valence-corrected chi connectivity index (χ1v) is 6.64. The van der Waals surface area contributed by atoms with E-state index in [0.717, 1.165) is 24.9 Å². The van der Waals surface area contributed by atoms with Gasteiger partial charge in [-0.15, -0.1) is 12.4 Å². The summed E-state index contributed by atoms with van der Waals surface area (Å²) in [7, 11) is 0. The molecule has 1 aliphatic heterocycles. The van der Waals surface area contributed by atoms with Gasteiger partial charge in [-0.25, -0.2) is 0 Å². The van der Waals surface area contributed by atoms with E-state index in [2.05, 4.69) is 0 Å². The number of carbonyl (C=O) groups is 1. The molecule has 0 aromatic carbocycles. The van der Waals surface area contributed by atoms with Crippen LogP contribution in [0.2, 0.25) is 0 Å². The van der Waals surface area contributed by atoms with Crippen LogP contribution in [-0.4, -0.2) is 29.9 Å².